The molecule has 0 N–H and O–H groups in total. The molecule has 112 valence electrons. The van der Waals surface area contributed by atoms with E-state index >= 15 is 0 Å². The van der Waals surface area contributed by atoms with Crippen LogP contribution in [0.4, 0.5) is 0 Å². The Morgan fingerprint density at radius 3 is 2.95 bits per heavy atom. The van der Waals surface area contributed by atoms with Crippen molar-refractivity contribution in [3.05, 3.63) is 11.7 Å². The minimum Gasteiger partial charge on any atom is -0.340 e. The normalized spacial score (nSPS) is 30.8. The topological polar surface area (TPSA) is 76.3 Å². The zero-order valence-electron chi connectivity index (χ0n) is 12.0. The molecule has 2 atom stereocenters. The van der Waals surface area contributed by atoms with E-state index in [1.165, 1.54) is 0 Å². The number of fused-ring (bicyclic) bond motifs is 1. The van der Waals surface area contributed by atoms with Crippen LogP contribution >= 0.6 is 0 Å². The lowest BCUT2D eigenvalue weighted by Gasteiger charge is -2.24. The third-order valence-corrected chi connectivity index (χ3v) is 6.66. The zero-order chi connectivity index (χ0) is 14.4. The van der Waals surface area contributed by atoms with Gasteiger partial charge < -0.3 is 4.52 Å². The lowest BCUT2D eigenvalue weighted by atomic mass is 9.80. The number of hydrogen-bond donors (Lipinski definition) is 0. The molecule has 6 nitrogen and oxygen atoms in total. The van der Waals surface area contributed by atoms with Gasteiger partial charge in [-0.25, -0.2) is 12.7 Å². The number of aromatic nitrogens is 2. The molecule has 0 aromatic carbocycles. The summed E-state index contributed by atoms with van der Waals surface area (Å²) in [6.07, 6.45) is 3.76. The Bertz CT molecular complexity index is 598. The van der Waals surface area contributed by atoms with E-state index in [4.69, 9.17) is 4.52 Å². The fourth-order valence-electron chi connectivity index (χ4n) is 3.71. The summed E-state index contributed by atoms with van der Waals surface area (Å²) in [7, 11) is -3.14. The van der Waals surface area contributed by atoms with Crippen LogP contribution in [0.5, 0.6) is 0 Å². The van der Waals surface area contributed by atoms with Crippen molar-refractivity contribution in [3.63, 3.8) is 0 Å². The summed E-state index contributed by atoms with van der Waals surface area (Å²) in [6.45, 7) is 4.79. The molecule has 0 spiro atoms. The highest BCUT2D eigenvalue weighted by atomic mass is 32.2. The summed E-state index contributed by atoms with van der Waals surface area (Å²) in [5, 5.41) is 4.09. The van der Waals surface area contributed by atoms with Crippen molar-refractivity contribution in [2.45, 2.75) is 44.9 Å². The molecule has 0 amide bonds. The number of nitrogens with zero attached hydrogens (tertiary/aromatic N) is 3. The fourth-order valence-corrected chi connectivity index (χ4v) is 5.32. The molecule has 1 saturated heterocycles. The molecule has 1 aromatic rings. The van der Waals surface area contributed by atoms with Crippen molar-refractivity contribution < 1.29 is 12.9 Å². The first-order chi connectivity index (χ1) is 9.48. The predicted molar refractivity (Wildman–Crippen MR) is 73.7 cm³/mol. The Morgan fingerprint density at radius 1 is 1.50 bits per heavy atom. The third kappa shape index (κ3) is 2.07. The molecule has 0 unspecified atom stereocenters. The Morgan fingerprint density at radius 2 is 2.30 bits per heavy atom. The van der Waals surface area contributed by atoms with Crippen molar-refractivity contribution in [2.24, 2.45) is 5.92 Å². The number of aryl methyl sites for hydroxylation is 1. The Hall–Kier alpha value is -0.950. The SMILES string of the molecule is CCCS(=O)(=O)N1C[C@H]2CCC[C@@]2(c2noc(C)n2)C1. The van der Waals surface area contributed by atoms with Gasteiger partial charge in [0.25, 0.3) is 0 Å². The van der Waals surface area contributed by atoms with Crippen LogP contribution in [-0.2, 0) is 15.4 Å². The maximum absolute atomic E-state index is 12.3. The first-order valence-corrected chi connectivity index (χ1v) is 8.87. The van der Waals surface area contributed by atoms with Crippen molar-refractivity contribution in [3.8, 4) is 0 Å². The largest absolute Gasteiger partial charge is 0.340 e. The van der Waals surface area contributed by atoms with E-state index in [1.807, 2.05) is 6.92 Å². The molecule has 1 aliphatic carbocycles. The van der Waals surface area contributed by atoms with Gasteiger partial charge in [0.15, 0.2) is 5.82 Å². The van der Waals surface area contributed by atoms with Crippen molar-refractivity contribution >= 4 is 10.0 Å². The van der Waals surface area contributed by atoms with E-state index in [0.717, 1.165) is 19.3 Å². The molecule has 3 rings (SSSR count). The van der Waals surface area contributed by atoms with Gasteiger partial charge in [-0.2, -0.15) is 4.98 Å². The standard InChI is InChI=1S/C13H21N3O3S/c1-3-7-20(17,18)16-8-11-5-4-6-13(11,9-16)12-14-10(2)19-15-12/h11H,3-9H2,1-2H3/t11-,13-/m1/s1. The van der Waals surface area contributed by atoms with Gasteiger partial charge in [0.05, 0.1) is 11.2 Å². The van der Waals surface area contributed by atoms with Crippen molar-refractivity contribution in [1.29, 1.82) is 0 Å². The van der Waals surface area contributed by atoms with Crippen LogP contribution in [0.2, 0.25) is 0 Å². The summed E-state index contributed by atoms with van der Waals surface area (Å²) >= 11 is 0. The predicted octanol–water partition coefficient (Wildman–Crippen LogP) is 1.47. The summed E-state index contributed by atoms with van der Waals surface area (Å²) in [5.74, 6) is 1.80. The van der Waals surface area contributed by atoms with Gasteiger partial charge in [0.2, 0.25) is 15.9 Å². The van der Waals surface area contributed by atoms with Gasteiger partial charge >= 0.3 is 0 Å². The maximum Gasteiger partial charge on any atom is 0.223 e. The number of rotatable bonds is 4. The molecule has 0 radical (unpaired) electrons. The first-order valence-electron chi connectivity index (χ1n) is 7.26. The second-order valence-electron chi connectivity index (χ2n) is 5.99. The number of sulfonamides is 1. The molecular formula is C13H21N3O3S. The highest BCUT2D eigenvalue weighted by molar-refractivity contribution is 7.89. The number of hydrogen-bond acceptors (Lipinski definition) is 5. The second-order valence-corrected chi connectivity index (χ2v) is 8.08. The average molecular weight is 299 g/mol. The van der Waals surface area contributed by atoms with Crippen molar-refractivity contribution in [2.75, 3.05) is 18.8 Å². The lowest BCUT2D eigenvalue weighted by molar-refractivity contribution is 0.332. The van der Waals surface area contributed by atoms with Gasteiger partial charge in [-0.3, -0.25) is 0 Å². The Kier molecular flexibility index (Phi) is 3.36. The van der Waals surface area contributed by atoms with Gasteiger partial charge in [-0.1, -0.05) is 18.5 Å². The monoisotopic (exact) mass is 299 g/mol. The van der Waals surface area contributed by atoms with E-state index in [0.29, 0.717) is 37.1 Å². The van der Waals surface area contributed by atoms with E-state index in [1.54, 1.807) is 11.2 Å². The molecule has 7 heteroatoms. The van der Waals surface area contributed by atoms with Crippen molar-refractivity contribution in [1.82, 2.24) is 14.4 Å². The van der Waals surface area contributed by atoms with E-state index < -0.39 is 10.0 Å². The van der Waals surface area contributed by atoms with E-state index in [9.17, 15) is 8.42 Å². The molecule has 0 bridgehead atoms. The van der Waals surface area contributed by atoms with Crippen LogP contribution in [0, 0.1) is 12.8 Å². The van der Waals surface area contributed by atoms with Crippen LogP contribution in [-0.4, -0.2) is 41.7 Å². The molecule has 20 heavy (non-hydrogen) atoms. The molecule has 2 fully saturated rings. The van der Waals surface area contributed by atoms with Gasteiger partial charge in [-0.05, 0) is 25.2 Å². The summed E-state index contributed by atoms with van der Waals surface area (Å²) < 4.78 is 31.4. The molecule has 1 aliphatic heterocycles. The molecular weight excluding hydrogens is 278 g/mol. The molecule has 2 aliphatic rings. The quantitative estimate of drug-likeness (QED) is 0.841. The van der Waals surface area contributed by atoms with Crippen LogP contribution in [0.15, 0.2) is 4.52 Å². The van der Waals surface area contributed by atoms with Gasteiger partial charge in [-0.15, -0.1) is 0 Å². The van der Waals surface area contributed by atoms with E-state index in [2.05, 4.69) is 10.1 Å². The second kappa shape index (κ2) is 4.80. The minimum atomic E-state index is -3.14. The third-order valence-electron chi connectivity index (χ3n) is 4.67. The highest BCUT2D eigenvalue weighted by Crippen LogP contribution is 2.50. The van der Waals surface area contributed by atoms with E-state index in [-0.39, 0.29) is 11.2 Å². The van der Waals surface area contributed by atoms with Crippen LogP contribution in [0.1, 0.15) is 44.3 Å². The van der Waals surface area contributed by atoms with Crippen LogP contribution in [0.3, 0.4) is 0 Å². The smallest absolute Gasteiger partial charge is 0.223 e. The maximum atomic E-state index is 12.3. The lowest BCUT2D eigenvalue weighted by Crippen LogP contribution is -2.36. The Labute approximate surface area is 119 Å². The first kappa shape index (κ1) is 14.0. The molecule has 1 aromatic heterocycles. The zero-order valence-corrected chi connectivity index (χ0v) is 12.8. The minimum absolute atomic E-state index is 0.223. The molecule has 2 heterocycles. The fraction of sp³-hybridized carbons (Fsp3) is 0.846. The average Bonchev–Trinajstić information content (AvgIpc) is 3.00. The molecule has 1 saturated carbocycles. The van der Waals surface area contributed by atoms with Crippen LogP contribution < -0.4 is 0 Å². The summed E-state index contributed by atoms with van der Waals surface area (Å²) in [6, 6.07) is 0. The Balaban J connectivity index is 1.92. The van der Waals surface area contributed by atoms with Gasteiger partial charge in [0.1, 0.15) is 0 Å². The van der Waals surface area contributed by atoms with Gasteiger partial charge in [0, 0.05) is 20.0 Å². The summed E-state index contributed by atoms with van der Waals surface area (Å²) in [5.41, 5.74) is -0.224. The highest BCUT2D eigenvalue weighted by Gasteiger charge is 2.55. The summed E-state index contributed by atoms with van der Waals surface area (Å²) in [4.78, 5) is 4.39. The van der Waals surface area contributed by atoms with Crippen LogP contribution in [0.25, 0.3) is 0 Å².